The Balaban J connectivity index is 0.000000286. The van der Waals surface area contributed by atoms with Gasteiger partial charge in [0.1, 0.15) is 11.2 Å². The van der Waals surface area contributed by atoms with Crippen molar-refractivity contribution in [3.05, 3.63) is 70.8 Å². The first-order valence-electron chi connectivity index (χ1n) is 17.4. The summed E-state index contributed by atoms with van der Waals surface area (Å²) in [5.41, 5.74) is -1.59. The molecule has 0 aliphatic carbocycles. The van der Waals surface area contributed by atoms with Crippen LogP contribution in [-0.4, -0.2) is 121 Å². The van der Waals surface area contributed by atoms with E-state index in [9.17, 15) is 41.0 Å². The summed E-state index contributed by atoms with van der Waals surface area (Å²) in [7, 11) is 1.53. The zero-order valence-electron chi connectivity index (χ0n) is 31.4. The minimum atomic E-state index is -4.43. The molecule has 10 nitrogen and oxygen atoms in total. The molecule has 0 bridgehead atoms. The van der Waals surface area contributed by atoms with Crippen LogP contribution >= 0.6 is 0 Å². The molecule has 2 atom stereocenters. The summed E-state index contributed by atoms with van der Waals surface area (Å²) < 4.78 is 93.8. The van der Waals surface area contributed by atoms with Crippen LogP contribution in [0.25, 0.3) is 0 Å². The number of rotatable bonds is 7. The normalized spacial score (nSPS) is 17.8. The average Bonchev–Trinajstić information content (AvgIpc) is 3.06. The summed E-state index contributed by atoms with van der Waals surface area (Å²) >= 11 is 0. The van der Waals surface area contributed by atoms with Crippen molar-refractivity contribution in [2.75, 3.05) is 72.7 Å². The van der Waals surface area contributed by atoms with E-state index in [1.165, 1.54) is 25.3 Å². The molecule has 2 aliphatic rings. The SMILES string of the molecule is CC(C)(C)OC(=O)N1CCN(C(CO)c2cccc(C(F)(F)F)c2)CC1.COCC(c1cccc(C(F)(F)F)c1)N1CCN(C(=O)OC(C)(C)C)CC1. The van der Waals surface area contributed by atoms with Gasteiger partial charge in [-0.05, 0) is 76.9 Å². The summed E-state index contributed by atoms with van der Waals surface area (Å²) in [4.78, 5) is 31.4. The number of carbonyl (C=O) groups is 2. The van der Waals surface area contributed by atoms with Gasteiger partial charge in [0, 0.05) is 59.5 Å². The highest BCUT2D eigenvalue weighted by atomic mass is 19.4. The van der Waals surface area contributed by atoms with Gasteiger partial charge < -0.3 is 29.1 Å². The number of benzene rings is 2. The third kappa shape index (κ3) is 13.6. The Morgan fingerprint density at radius 3 is 1.32 bits per heavy atom. The fraction of sp³-hybridized carbons (Fsp3) is 0.622. The number of aliphatic hydroxyl groups excluding tert-OH is 1. The van der Waals surface area contributed by atoms with Crippen LogP contribution in [0.5, 0.6) is 0 Å². The summed E-state index contributed by atoms with van der Waals surface area (Å²) in [5, 5.41) is 9.73. The number of alkyl halides is 6. The van der Waals surface area contributed by atoms with E-state index in [4.69, 9.17) is 14.2 Å². The van der Waals surface area contributed by atoms with Gasteiger partial charge in [-0.2, -0.15) is 26.3 Å². The molecule has 0 aromatic heterocycles. The first-order valence-corrected chi connectivity index (χ1v) is 17.4. The maximum absolute atomic E-state index is 13.0. The number of piperazine rings is 2. The van der Waals surface area contributed by atoms with Gasteiger partial charge in [-0.25, -0.2) is 9.59 Å². The third-order valence-corrected chi connectivity index (χ3v) is 8.51. The molecule has 2 fully saturated rings. The lowest BCUT2D eigenvalue weighted by atomic mass is 10.0. The van der Waals surface area contributed by atoms with E-state index in [1.54, 1.807) is 42.7 Å². The first kappa shape index (κ1) is 43.8. The monoisotopic (exact) mass is 762 g/mol. The Kier molecular flexibility index (Phi) is 15.0. The van der Waals surface area contributed by atoms with Gasteiger partial charge >= 0.3 is 24.5 Å². The number of carbonyl (C=O) groups excluding carboxylic acids is 2. The largest absolute Gasteiger partial charge is 0.444 e. The van der Waals surface area contributed by atoms with Crippen LogP contribution in [0.3, 0.4) is 0 Å². The van der Waals surface area contributed by atoms with Gasteiger partial charge in [0.2, 0.25) is 0 Å². The molecule has 2 unspecified atom stereocenters. The highest BCUT2D eigenvalue weighted by molar-refractivity contribution is 5.68. The predicted molar refractivity (Wildman–Crippen MR) is 186 cm³/mol. The molecule has 0 radical (unpaired) electrons. The fourth-order valence-electron chi connectivity index (χ4n) is 5.93. The maximum atomic E-state index is 13.0. The van der Waals surface area contributed by atoms with Crippen molar-refractivity contribution in [2.45, 2.75) is 77.2 Å². The standard InChI is InChI=1S/C19H27F3N2O3.C18H25F3N2O3/c1-18(2,3)27-17(25)24-10-8-23(9-11-24)16(13-26-4)14-6-5-7-15(12-14)19(20,21)22;1-17(2,3)26-16(25)23-9-7-22(8-10-23)15(12-24)13-5-4-6-14(11-13)18(19,20)21/h5-7,12,16H,8-11,13H2,1-4H3;4-6,11,15,24H,7-10,12H2,1-3H3. The van der Waals surface area contributed by atoms with Crippen molar-refractivity contribution < 1.29 is 55.2 Å². The Morgan fingerprint density at radius 1 is 0.642 bits per heavy atom. The van der Waals surface area contributed by atoms with Crippen LogP contribution in [0.4, 0.5) is 35.9 Å². The molecule has 1 N–H and O–H groups in total. The molecule has 0 spiro atoms. The quantitative estimate of drug-likeness (QED) is 0.296. The Labute approximate surface area is 307 Å². The zero-order chi connectivity index (χ0) is 39.8. The third-order valence-electron chi connectivity index (χ3n) is 8.51. The van der Waals surface area contributed by atoms with Crippen molar-refractivity contribution in [1.82, 2.24) is 19.6 Å². The number of halogens is 6. The molecule has 0 saturated carbocycles. The second-order valence-electron chi connectivity index (χ2n) is 14.9. The molecule has 2 amide bonds. The van der Waals surface area contributed by atoms with Gasteiger partial charge in [0.25, 0.3) is 0 Å². The molecule has 2 aliphatic heterocycles. The van der Waals surface area contributed by atoms with Crippen molar-refractivity contribution in [2.24, 2.45) is 0 Å². The summed E-state index contributed by atoms with van der Waals surface area (Å²) in [6.45, 7) is 14.4. The van der Waals surface area contributed by atoms with Crippen LogP contribution in [0.15, 0.2) is 48.5 Å². The number of aliphatic hydroxyl groups is 1. The second kappa shape index (κ2) is 18.2. The van der Waals surface area contributed by atoms with E-state index in [-0.39, 0.29) is 25.3 Å². The number of amides is 2. The lowest BCUT2D eigenvalue weighted by molar-refractivity contribution is -0.138. The number of hydrogen-bond donors (Lipinski definition) is 1. The molecular weight excluding hydrogens is 710 g/mol. The Bertz CT molecular complexity index is 1480. The van der Waals surface area contributed by atoms with Crippen LogP contribution in [-0.2, 0) is 26.6 Å². The number of methoxy groups -OCH3 is 1. The molecular formula is C37H52F6N4O6. The molecule has 4 rings (SSSR count). The van der Waals surface area contributed by atoms with E-state index in [2.05, 4.69) is 0 Å². The first-order chi connectivity index (χ1) is 24.5. The van der Waals surface area contributed by atoms with Gasteiger partial charge in [-0.1, -0.05) is 24.3 Å². The summed E-state index contributed by atoms with van der Waals surface area (Å²) in [5.74, 6) is 0. The molecule has 53 heavy (non-hydrogen) atoms. The van der Waals surface area contributed by atoms with Crippen molar-refractivity contribution in [3.8, 4) is 0 Å². The molecule has 298 valence electrons. The zero-order valence-corrected chi connectivity index (χ0v) is 31.4. The second-order valence-corrected chi connectivity index (χ2v) is 14.9. The number of nitrogens with zero attached hydrogens (tertiary/aromatic N) is 4. The van der Waals surface area contributed by atoms with Crippen LogP contribution < -0.4 is 0 Å². The van der Waals surface area contributed by atoms with Crippen molar-refractivity contribution in [1.29, 1.82) is 0 Å². The highest BCUT2D eigenvalue weighted by Crippen LogP contribution is 2.34. The minimum Gasteiger partial charge on any atom is -0.444 e. The molecule has 2 aromatic rings. The van der Waals surface area contributed by atoms with E-state index >= 15 is 0 Å². The molecule has 16 heteroatoms. The Morgan fingerprint density at radius 2 is 1.00 bits per heavy atom. The number of hydrogen-bond acceptors (Lipinski definition) is 8. The smallest absolute Gasteiger partial charge is 0.416 e. The van der Waals surface area contributed by atoms with Gasteiger partial charge in [-0.15, -0.1) is 0 Å². The summed E-state index contributed by atoms with van der Waals surface area (Å²) in [6.07, 6.45) is -9.59. The number of ether oxygens (including phenoxy) is 3. The van der Waals surface area contributed by atoms with Crippen LogP contribution in [0.2, 0.25) is 0 Å². The molecule has 2 heterocycles. The molecule has 2 aromatic carbocycles. The Hall–Kier alpha value is -3.60. The van der Waals surface area contributed by atoms with Crippen LogP contribution in [0.1, 0.15) is 75.9 Å². The highest BCUT2D eigenvalue weighted by Gasteiger charge is 2.35. The predicted octanol–water partition coefficient (Wildman–Crippen LogP) is 7.24. The minimum absolute atomic E-state index is 0.272. The van der Waals surface area contributed by atoms with Gasteiger partial charge in [0.05, 0.1) is 36.4 Å². The fourth-order valence-corrected chi connectivity index (χ4v) is 5.93. The molecule has 2 saturated heterocycles. The van der Waals surface area contributed by atoms with Gasteiger partial charge in [0.15, 0.2) is 0 Å². The van der Waals surface area contributed by atoms with Crippen molar-refractivity contribution in [3.63, 3.8) is 0 Å². The van der Waals surface area contributed by atoms with Gasteiger partial charge in [-0.3, -0.25) is 9.80 Å². The van der Waals surface area contributed by atoms with E-state index in [0.717, 1.165) is 18.2 Å². The topological polar surface area (TPSA) is 95.0 Å². The average molecular weight is 763 g/mol. The maximum Gasteiger partial charge on any atom is 0.416 e. The van der Waals surface area contributed by atoms with E-state index in [1.807, 2.05) is 30.6 Å². The lowest BCUT2D eigenvalue weighted by Crippen LogP contribution is -2.51. The van der Waals surface area contributed by atoms with Crippen LogP contribution in [0, 0.1) is 0 Å². The summed E-state index contributed by atoms with van der Waals surface area (Å²) in [6, 6.07) is 9.48. The van der Waals surface area contributed by atoms with E-state index in [0.29, 0.717) is 63.5 Å². The van der Waals surface area contributed by atoms with Crippen molar-refractivity contribution >= 4 is 12.2 Å². The van der Waals surface area contributed by atoms with E-state index < -0.39 is 46.8 Å². The lowest BCUT2D eigenvalue weighted by Gasteiger charge is -2.39.